The van der Waals surface area contributed by atoms with Crippen LogP contribution in [0.3, 0.4) is 0 Å². The zero-order chi connectivity index (χ0) is 9.84. The maximum atomic E-state index is 10.4. The van der Waals surface area contributed by atoms with Gasteiger partial charge in [0.1, 0.15) is 5.69 Å². The predicted octanol–water partition coefficient (Wildman–Crippen LogP) is 2.14. The summed E-state index contributed by atoms with van der Waals surface area (Å²) in [6, 6.07) is 4.03. The van der Waals surface area contributed by atoms with E-state index in [9.17, 15) is 10.1 Å². The molecule has 66 valence electrons. The first kappa shape index (κ1) is 9.29. The maximum absolute atomic E-state index is 10.4. The molecule has 0 fully saturated rings. The van der Waals surface area contributed by atoms with Gasteiger partial charge < -0.3 is 0 Å². The number of hydrogen-bond acceptors (Lipinski definition) is 4. The Kier molecular flexibility index (Phi) is 2.67. The third-order valence-corrected chi connectivity index (χ3v) is 1.58. The Morgan fingerprint density at radius 1 is 1.62 bits per heavy atom. The molecule has 1 rings (SSSR count). The highest BCUT2D eigenvalue weighted by atomic mass is 35.5. The molecule has 0 atom stereocenters. The number of nitrogens with zero attached hydrogens (tertiary/aromatic N) is 2. The number of halogens is 1. The largest absolute Gasteiger partial charge is 0.294 e. The highest BCUT2D eigenvalue weighted by molar-refractivity contribution is 6.30. The van der Waals surface area contributed by atoms with Crippen molar-refractivity contribution in [3.63, 3.8) is 0 Å². The summed E-state index contributed by atoms with van der Waals surface area (Å²) < 4.78 is 0. The third kappa shape index (κ3) is 2.07. The maximum Gasteiger partial charge on any atom is 0.294 e. The molecule has 0 aliphatic carbocycles. The SMILES string of the molecule is N#CNc1ccc(Cl)cc1[N+](=O)[O-]. The topological polar surface area (TPSA) is 79.0 Å². The van der Waals surface area contributed by atoms with Crippen LogP contribution in [0.5, 0.6) is 0 Å². The average molecular weight is 198 g/mol. The summed E-state index contributed by atoms with van der Waals surface area (Å²) in [6.07, 6.45) is 1.60. The minimum Gasteiger partial charge on any atom is -0.287 e. The van der Waals surface area contributed by atoms with E-state index in [4.69, 9.17) is 16.9 Å². The molecule has 6 heteroatoms. The van der Waals surface area contributed by atoms with Crippen LogP contribution < -0.4 is 5.32 Å². The third-order valence-electron chi connectivity index (χ3n) is 1.35. The summed E-state index contributed by atoms with van der Waals surface area (Å²) in [7, 11) is 0. The van der Waals surface area contributed by atoms with Crippen molar-refractivity contribution in [2.75, 3.05) is 5.32 Å². The van der Waals surface area contributed by atoms with Crippen molar-refractivity contribution in [1.29, 1.82) is 5.26 Å². The number of benzene rings is 1. The van der Waals surface area contributed by atoms with Crippen molar-refractivity contribution >= 4 is 23.0 Å². The Labute approximate surface area is 78.7 Å². The van der Waals surface area contributed by atoms with E-state index >= 15 is 0 Å². The lowest BCUT2D eigenvalue weighted by Gasteiger charge is -1.99. The van der Waals surface area contributed by atoms with Crippen molar-refractivity contribution in [1.82, 2.24) is 0 Å². The minimum absolute atomic E-state index is 0.136. The van der Waals surface area contributed by atoms with Gasteiger partial charge in [-0.05, 0) is 12.1 Å². The van der Waals surface area contributed by atoms with Gasteiger partial charge in [-0.25, -0.2) is 0 Å². The molecule has 0 aliphatic heterocycles. The number of nitriles is 1. The predicted molar refractivity (Wildman–Crippen MR) is 47.3 cm³/mol. The van der Waals surface area contributed by atoms with E-state index in [1.54, 1.807) is 6.19 Å². The van der Waals surface area contributed by atoms with Gasteiger partial charge in [0.05, 0.1) is 4.92 Å². The zero-order valence-electron chi connectivity index (χ0n) is 6.32. The van der Waals surface area contributed by atoms with E-state index in [1.807, 2.05) is 0 Å². The summed E-state index contributed by atoms with van der Waals surface area (Å²) in [5.41, 5.74) is -0.0778. The molecule has 0 saturated carbocycles. The molecule has 0 bridgehead atoms. The van der Waals surface area contributed by atoms with Gasteiger partial charge in [-0.1, -0.05) is 11.6 Å². The fraction of sp³-hybridized carbons (Fsp3) is 0. The fourth-order valence-corrected chi connectivity index (χ4v) is 0.988. The second-order valence-corrected chi connectivity index (χ2v) is 2.59. The van der Waals surface area contributed by atoms with Crippen LogP contribution in [0.1, 0.15) is 0 Å². The van der Waals surface area contributed by atoms with Gasteiger partial charge in [0.25, 0.3) is 5.69 Å². The lowest BCUT2D eigenvalue weighted by atomic mass is 10.3. The molecular weight excluding hydrogens is 194 g/mol. The fourth-order valence-electron chi connectivity index (χ4n) is 0.822. The van der Waals surface area contributed by atoms with Crippen molar-refractivity contribution in [2.45, 2.75) is 0 Å². The van der Waals surface area contributed by atoms with Crippen LogP contribution in [0.25, 0.3) is 0 Å². The minimum atomic E-state index is -0.606. The number of nitro groups is 1. The van der Waals surface area contributed by atoms with E-state index in [2.05, 4.69) is 5.32 Å². The first-order valence-electron chi connectivity index (χ1n) is 3.24. The second kappa shape index (κ2) is 3.74. The quantitative estimate of drug-likeness (QED) is 0.341. The summed E-state index contributed by atoms with van der Waals surface area (Å²) in [5, 5.41) is 21.2. The smallest absolute Gasteiger partial charge is 0.287 e. The molecule has 0 radical (unpaired) electrons. The standard InChI is InChI=1S/C7H4ClN3O2/c8-5-1-2-6(10-4-9)7(3-5)11(12)13/h1-3,10H. The monoisotopic (exact) mass is 197 g/mol. The molecule has 5 nitrogen and oxygen atoms in total. The van der Waals surface area contributed by atoms with Gasteiger partial charge in [-0.15, -0.1) is 0 Å². The molecule has 0 aromatic heterocycles. The summed E-state index contributed by atoms with van der Waals surface area (Å²) in [4.78, 5) is 9.84. The van der Waals surface area contributed by atoms with E-state index in [1.165, 1.54) is 18.2 Å². The number of hydrogen-bond donors (Lipinski definition) is 1. The second-order valence-electron chi connectivity index (χ2n) is 2.16. The molecule has 1 N–H and O–H groups in total. The highest BCUT2D eigenvalue weighted by Gasteiger charge is 2.13. The number of nitro benzene ring substituents is 1. The lowest BCUT2D eigenvalue weighted by molar-refractivity contribution is -0.383. The average Bonchev–Trinajstić information content (AvgIpc) is 2.08. The normalized spacial score (nSPS) is 8.92. The Morgan fingerprint density at radius 2 is 2.31 bits per heavy atom. The highest BCUT2D eigenvalue weighted by Crippen LogP contribution is 2.27. The van der Waals surface area contributed by atoms with Crippen LogP contribution in [0, 0.1) is 21.6 Å². The van der Waals surface area contributed by atoms with Crippen LogP contribution in [0.15, 0.2) is 18.2 Å². The summed E-state index contributed by atoms with van der Waals surface area (Å²) >= 11 is 5.55. The van der Waals surface area contributed by atoms with Gasteiger partial charge in [-0.3, -0.25) is 15.4 Å². The Morgan fingerprint density at radius 3 is 2.85 bits per heavy atom. The van der Waals surface area contributed by atoms with E-state index < -0.39 is 4.92 Å². The zero-order valence-corrected chi connectivity index (χ0v) is 7.08. The van der Waals surface area contributed by atoms with Crippen molar-refractivity contribution < 1.29 is 4.92 Å². The Bertz CT molecular complexity index is 386. The molecular formula is C7H4ClN3O2. The first-order valence-corrected chi connectivity index (χ1v) is 3.62. The molecule has 0 saturated heterocycles. The van der Waals surface area contributed by atoms with E-state index in [-0.39, 0.29) is 16.4 Å². The molecule has 0 aliphatic rings. The van der Waals surface area contributed by atoms with Crippen LogP contribution in [0.2, 0.25) is 5.02 Å². The van der Waals surface area contributed by atoms with Gasteiger partial charge in [0, 0.05) is 11.1 Å². The van der Waals surface area contributed by atoms with Crippen molar-refractivity contribution in [2.24, 2.45) is 0 Å². The van der Waals surface area contributed by atoms with Crippen molar-refractivity contribution in [3.8, 4) is 6.19 Å². The Hall–Kier alpha value is -1.80. The Balaban J connectivity index is 3.20. The molecule has 0 spiro atoms. The number of anilines is 1. The number of rotatable bonds is 2. The van der Waals surface area contributed by atoms with Gasteiger partial charge in [-0.2, -0.15) is 5.26 Å². The molecule has 13 heavy (non-hydrogen) atoms. The van der Waals surface area contributed by atoms with Gasteiger partial charge in [0.15, 0.2) is 6.19 Å². The van der Waals surface area contributed by atoms with E-state index in [0.29, 0.717) is 0 Å². The summed E-state index contributed by atoms with van der Waals surface area (Å²) in [6.45, 7) is 0. The molecule has 0 amide bonds. The summed E-state index contributed by atoms with van der Waals surface area (Å²) in [5.74, 6) is 0. The first-order chi connectivity index (χ1) is 6.15. The molecule has 1 aromatic carbocycles. The van der Waals surface area contributed by atoms with Gasteiger partial charge in [0.2, 0.25) is 0 Å². The van der Waals surface area contributed by atoms with E-state index in [0.717, 1.165) is 0 Å². The number of nitrogens with one attached hydrogen (secondary N) is 1. The lowest BCUT2D eigenvalue weighted by Crippen LogP contribution is -1.95. The molecule has 0 unspecified atom stereocenters. The van der Waals surface area contributed by atoms with Gasteiger partial charge >= 0.3 is 0 Å². The van der Waals surface area contributed by atoms with Crippen LogP contribution in [-0.4, -0.2) is 4.92 Å². The van der Waals surface area contributed by atoms with Crippen LogP contribution in [0.4, 0.5) is 11.4 Å². The molecule has 0 heterocycles. The van der Waals surface area contributed by atoms with Crippen LogP contribution in [-0.2, 0) is 0 Å². The molecule has 1 aromatic rings. The van der Waals surface area contributed by atoms with Crippen molar-refractivity contribution in [3.05, 3.63) is 33.3 Å². The van der Waals surface area contributed by atoms with Crippen LogP contribution >= 0.6 is 11.6 Å².